The van der Waals surface area contributed by atoms with Crippen molar-refractivity contribution < 1.29 is 0 Å². The normalized spacial score (nSPS) is 11.4. The standard InChI is InChI=1S/C59H38N4.C49H35N3/c1-4-16-40(17-5-1)47-26-15-27-51-57(47)50-35-34-44(37-54(50)60-58(51)42-18-6-2-7-19-42)39-30-32-41(33-31-39)52-38-53(62-59(61-52)43-20-8-3-9-21-43)45-22-14-23-46(36-45)63-55-28-12-10-24-48(55)49-25-11-13-29-56(49)63;1-32-16-20-36(21-17-32)44-31-45(52-49(51-44)39-22-18-33(2)19-23-39)37-26-24-34(25-27-37)40-28-29-42-46(30-40)50-48(38-12-7-4-8-13-38)43-15-9-14-41(47(42)43)35-10-5-3-6-11-35/h1-38H;3-31H,1-2H3. The van der Waals surface area contributed by atoms with Gasteiger partial charge in [-0.15, -0.1) is 0 Å². The first-order valence-electron chi connectivity index (χ1n) is 39.0. The van der Waals surface area contributed by atoms with Crippen molar-refractivity contribution in [1.29, 1.82) is 0 Å². The molecule has 5 heterocycles. The second kappa shape index (κ2) is 29.9. The molecule has 21 aromatic rings. The minimum absolute atomic E-state index is 0.686. The molecule has 0 aliphatic carbocycles. The van der Waals surface area contributed by atoms with Gasteiger partial charge in [0.2, 0.25) is 0 Å². The van der Waals surface area contributed by atoms with Crippen molar-refractivity contribution in [3.63, 3.8) is 0 Å². The lowest BCUT2D eigenvalue weighted by molar-refractivity contribution is 1.16. The molecular formula is C108H73N7. The molecule has 16 aromatic carbocycles. The molecule has 7 heteroatoms. The zero-order valence-electron chi connectivity index (χ0n) is 63.3. The molecule has 0 unspecified atom stereocenters. The Balaban J connectivity index is 0.000000152. The third kappa shape index (κ3) is 13.4. The van der Waals surface area contributed by atoms with E-state index in [9.17, 15) is 0 Å². The van der Waals surface area contributed by atoms with Gasteiger partial charge in [-0.05, 0) is 107 Å². The summed E-state index contributed by atoms with van der Waals surface area (Å²) >= 11 is 0. The molecule has 0 aliphatic heterocycles. The number of aromatic nitrogens is 7. The van der Waals surface area contributed by atoms with Crippen molar-refractivity contribution in [3.8, 4) is 141 Å². The van der Waals surface area contributed by atoms with E-state index in [0.29, 0.717) is 11.6 Å². The van der Waals surface area contributed by atoms with Crippen LogP contribution in [0.3, 0.4) is 0 Å². The largest absolute Gasteiger partial charge is 0.309 e. The van der Waals surface area contributed by atoms with Gasteiger partial charge in [0.05, 0.1) is 56.2 Å². The van der Waals surface area contributed by atoms with Crippen LogP contribution in [0.15, 0.2) is 406 Å². The molecule has 0 fully saturated rings. The van der Waals surface area contributed by atoms with Crippen LogP contribution in [0, 0.1) is 13.8 Å². The highest BCUT2D eigenvalue weighted by molar-refractivity contribution is 6.19. The van der Waals surface area contributed by atoms with Crippen LogP contribution < -0.4 is 0 Å². The van der Waals surface area contributed by atoms with Crippen LogP contribution in [-0.2, 0) is 0 Å². The van der Waals surface area contributed by atoms with Gasteiger partial charge >= 0.3 is 0 Å². The molecule has 5 aromatic heterocycles. The van der Waals surface area contributed by atoms with Crippen LogP contribution in [0.25, 0.3) is 206 Å². The third-order valence-electron chi connectivity index (χ3n) is 22.1. The molecule has 540 valence electrons. The molecule has 0 saturated heterocycles. The Morgan fingerprint density at radius 1 is 0.191 bits per heavy atom. The second-order valence-electron chi connectivity index (χ2n) is 29.4. The highest BCUT2D eigenvalue weighted by Gasteiger charge is 2.21. The Kier molecular flexibility index (Phi) is 18.0. The van der Waals surface area contributed by atoms with E-state index < -0.39 is 0 Å². The summed E-state index contributed by atoms with van der Waals surface area (Å²) in [5.41, 5.74) is 30.8. The first-order valence-corrected chi connectivity index (χ1v) is 39.0. The number of hydrogen-bond donors (Lipinski definition) is 0. The van der Waals surface area contributed by atoms with Gasteiger partial charge in [-0.2, -0.15) is 0 Å². The van der Waals surface area contributed by atoms with Gasteiger partial charge in [0, 0.05) is 93.3 Å². The predicted molar refractivity (Wildman–Crippen MR) is 479 cm³/mol. The van der Waals surface area contributed by atoms with E-state index in [-0.39, 0.29) is 0 Å². The summed E-state index contributed by atoms with van der Waals surface area (Å²) < 4.78 is 2.35. The summed E-state index contributed by atoms with van der Waals surface area (Å²) in [6.07, 6.45) is 0. The SMILES string of the molecule is Cc1ccc(-c2cc(-c3ccc(-c4ccc5c(c4)nc(-c4ccccc4)c4cccc(-c6ccccc6)c45)cc3)nc(-c3ccc(C)cc3)n2)cc1.c1ccc(-c2nc(-c3ccc(-c4ccc5c(c4)nc(-c4ccccc4)c4cccc(-c6ccccc6)c45)cc3)cc(-c3cccc(-n4c5ccccc5c5ccccc54)c3)n2)cc1. The van der Waals surface area contributed by atoms with E-state index in [0.717, 1.165) is 139 Å². The minimum atomic E-state index is 0.686. The summed E-state index contributed by atoms with van der Waals surface area (Å²) in [7, 11) is 0. The number of aryl methyl sites for hydroxylation is 2. The lowest BCUT2D eigenvalue weighted by Crippen LogP contribution is -1.98. The third-order valence-corrected chi connectivity index (χ3v) is 22.1. The predicted octanol–water partition coefficient (Wildman–Crippen LogP) is 28.1. The Bertz CT molecular complexity index is 7100. The Morgan fingerprint density at radius 2 is 0.504 bits per heavy atom. The number of rotatable bonds is 13. The molecule has 0 radical (unpaired) electrons. The van der Waals surface area contributed by atoms with E-state index in [2.05, 4.69) is 407 Å². The van der Waals surface area contributed by atoms with Gasteiger partial charge < -0.3 is 4.57 Å². The van der Waals surface area contributed by atoms with Crippen LogP contribution in [-0.4, -0.2) is 34.5 Å². The molecule has 115 heavy (non-hydrogen) atoms. The van der Waals surface area contributed by atoms with Crippen LogP contribution in [0.5, 0.6) is 0 Å². The zero-order chi connectivity index (χ0) is 76.7. The van der Waals surface area contributed by atoms with Crippen molar-refractivity contribution >= 4 is 65.2 Å². The Morgan fingerprint density at radius 3 is 0.930 bits per heavy atom. The number of pyridine rings is 2. The van der Waals surface area contributed by atoms with Gasteiger partial charge in [-0.1, -0.05) is 369 Å². The van der Waals surface area contributed by atoms with Gasteiger partial charge in [0.1, 0.15) is 0 Å². The summed E-state index contributed by atoms with van der Waals surface area (Å²) in [6.45, 7) is 4.20. The molecule has 0 spiro atoms. The maximum Gasteiger partial charge on any atom is 0.160 e. The molecule has 0 amide bonds. The molecule has 0 N–H and O–H groups in total. The molecule has 0 bridgehead atoms. The van der Waals surface area contributed by atoms with Gasteiger partial charge in [-0.25, -0.2) is 29.9 Å². The summed E-state index contributed by atoms with van der Waals surface area (Å²) in [6, 6.07) is 144. The fraction of sp³-hybridized carbons (Fsp3) is 0.0185. The molecule has 21 rings (SSSR count). The Labute approximate surface area is 667 Å². The number of hydrogen-bond acceptors (Lipinski definition) is 6. The smallest absolute Gasteiger partial charge is 0.160 e. The van der Waals surface area contributed by atoms with Crippen molar-refractivity contribution in [2.75, 3.05) is 0 Å². The Hall–Kier alpha value is -15.2. The van der Waals surface area contributed by atoms with Gasteiger partial charge in [0.25, 0.3) is 0 Å². The van der Waals surface area contributed by atoms with E-state index in [4.69, 9.17) is 29.9 Å². The van der Waals surface area contributed by atoms with E-state index >= 15 is 0 Å². The summed E-state index contributed by atoms with van der Waals surface area (Å²) in [4.78, 5) is 31.1. The lowest BCUT2D eigenvalue weighted by Gasteiger charge is -2.15. The second-order valence-corrected chi connectivity index (χ2v) is 29.4. The van der Waals surface area contributed by atoms with Crippen LogP contribution >= 0.6 is 0 Å². The molecule has 0 atom stereocenters. The average molecular weight is 1470 g/mol. The minimum Gasteiger partial charge on any atom is -0.309 e. The van der Waals surface area contributed by atoms with Crippen molar-refractivity contribution in [2.45, 2.75) is 13.8 Å². The van der Waals surface area contributed by atoms with Gasteiger partial charge in [0.15, 0.2) is 11.6 Å². The molecular weight excluding hydrogens is 1400 g/mol. The number of benzene rings is 16. The molecule has 0 aliphatic rings. The topological polar surface area (TPSA) is 82.3 Å². The lowest BCUT2D eigenvalue weighted by atomic mass is 9.92. The first kappa shape index (κ1) is 69.0. The van der Waals surface area contributed by atoms with Gasteiger partial charge in [-0.3, -0.25) is 0 Å². The number of fused-ring (bicyclic) bond motifs is 9. The van der Waals surface area contributed by atoms with Crippen LogP contribution in [0.2, 0.25) is 0 Å². The fourth-order valence-electron chi connectivity index (χ4n) is 16.3. The maximum absolute atomic E-state index is 5.37. The van der Waals surface area contributed by atoms with E-state index in [1.54, 1.807) is 0 Å². The summed E-state index contributed by atoms with van der Waals surface area (Å²) in [5, 5.41) is 9.47. The monoisotopic (exact) mass is 1470 g/mol. The van der Waals surface area contributed by atoms with Crippen LogP contribution in [0.4, 0.5) is 0 Å². The van der Waals surface area contributed by atoms with Crippen molar-refractivity contribution in [2.24, 2.45) is 0 Å². The van der Waals surface area contributed by atoms with Crippen molar-refractivity contribution in [3.05, 3.63) is 418 Å². The fourth-order valence-corrected chi connectivity index (χ4v) is 16.3. The van der Waals surface area contributed by atoms with Crippen molar-refractivity contribution in [1.82, 2.24) is 34.5 Å². The van der Waals surface area contributed by atoms with E-state index in [1.165, 1.54) is 66.0 Å². The highest BCUT2D eigenvalue weighted by atomic mass is 15.0. The molecule has 7 nitrogen and oxygen atoms in total. The number of nitrogens with zero attached hydrogens (tertiary/aromatic N) is 7. The average Bonchev–Trinajstić information content (AvgIpc) is 1.69. The maximum atomic E-state index is 5.37. The summed E-state index contributed by atoms with van der Waals surface area (Å²) in [5.74, 6) is 1.40. The van der Waals surface area contributed by atoms with Crippen LogP contribution in [0.1, 0.15) is 11.1 Å². The highest BCUT2D eigenvalue weighted by Crippen LogP contribution is 2.44. The zero-order valence-corrected chi connectivity index (χ0v) is 63.3. The first-order chi connectivity index (χ1) is 56.8. The quantitative estimate of drug-likeness (QED) is 0.107. The molecule has 0 saturated carbocycles. The van der Waals surface area contributed by atoms with E-state index in [1.807, 2.05) is 18.2 Å². The number of para-hydroxylation sites is 2.